The van der Waals surface area contributed by atoms with Crippen LogP contribution in [0.1, 0.15) is 21.5 Å². The van der Waals surface area contributed by atoms with Crippen molar-refractivity contribution in [2.24, 2.45) is 0 Å². The zero-order valence-corrected chi connectivity index (χ0v) is 11.6. The van der Waals surface area contributed by atoms with Gasteiger partial charge >= 0.3 is 5.97 Å². The van der Waals surface area contributed by atoms with E-state index >= 15 is 0 Å². The fraction of sp³-hybridized carbons (Fsp3) is 0.176. The van der Waals surface area contributed by atoms with E-state index in [4.69, 9.17) is 4.74 Å². The number of cyclic esters (lactones) is 1. The van der Waals surface area contributed by atoms with Crippen LogP contribution in [0.15, 0.2) is 48.5 Å². The molecule has 0 fully saturated rings. The van der Waals surface area contributed by atoms with E-state index in [-0.39, 0.29) is 5.91 Å². The van der Waals surface area contributed by atoms with Gasteiger partial charge in [0.2, 0.25) is 0 Å². The van der Waals surface area contributed by atoms with Crippen LogP contribution >= 0.6 is 0 Å². The van der Waals surface area contributed by atoms with E-state index in [0.29, 0.717) is 17.7 Å². The van der Waals surface area contributed by atoms with Crippen LogP contribution < -0.4 is 5.32 Å². The average molecular weight is 281 g/mol. The molecule has 1 N–H and O–H groups in total. The Morgan fingerprint density at radius 1 is 1.14 bits per heavy atom. The molecule has 106 valence electrons. The quantitative estimate of drug-likeness (QED) is 0.861. The Hall–Kier alpha value is -2.62. The standard InChI is InChI=1S/C17H15NO3/c1-11-6-8-13(9-7-11)18-16(19)15-10-12-4-2-3-5-14(12)17(20)21-15/h2-9,15H,10H2,1H3,(H,18,19)/t15-/m0/s1. The van der Waals surface area contributed by atoms with Gasteiger partial charge in [0, 0.05) is 12.1 Å². The first kappa shape index (κ1) is 13.4. The van der Waals surface area contributed by atoms with Gasteiger partial charge in [-0.3, -0.25) is 4.79 Å². The number of aryl methyl sites for hydroxylation is 1. The van der Waals surface area contributed by atoms with Crippen LogP contribution in [-0.4, -0.2) is 18.0 Å². The van der Waals surface area contributed by atoms with Crippen molar-refractivity contribution in [1.29, 1.82) is 0 Å². The van der Waals surface area contributed by atoms with E-state index in [2.05, 4.69) is 5.32 Å². The minimum atomic E-state index is -0.784. The topological polar surface area (TPSA) is 55.4 Å². The molecule has 0 aromatic heterocycles. The first-order chi connectivity index (χ1) is 10.1. The number of anilines is 1. The van der Waals surface area contributed by atoms with Gasteiger partial charge in [-0.1, -0.05) is 35.9 Å². The molecule has 0 spiro atoms. The van der Waals surface area contributed by atoms with Crippen molar-refractivity contribution in [1.82, 2.24) is 0 Å². The molecule has 0 unspecified atom stereocenters. The molecular weight excluding hydrogens is 266 g/mol. The molecule has 1 aliphatic rings. The van der Waals surface area contributed by atoms with Gasteiger partial charge in [0.15, 0.2) is 6.10 Å². The first-order valence-corrected chi connectivity index (χ1v) is 6.80. The molecule has 2 aromatic carbocycles. The van der Waals surface area contributed by atoms with Crippen LogP contribution in [-0.2, 0) is 16.0 Å². The predicted octanol–water partition coefficient (Wildman–Crippen LogP) is 2.72. The Labute approximate surface area is 122 Å². The molecule has 0 radical (unpaired) electrons. The molecule has 1 heterocycles. The number of amides is 1. The summed E-state index contributed by atoms with van der Waals surface area (Å²) in [6, 6.07) is 14.7. The third-order valence-corrected chi connectivity index (χ3v) is 3.50. The largest absolute Gasteiger partial charge is 0.448 e. The molecule has 0 aliphatic carbocycles. The number of esters is 1. The smallest absolute Gasteiger partial charge is 0.339 e. The van der Waals surface area contributed by atoms with Gasteiger partial charge in [0.1, 0.15) is 0 Å². The van der Waals surface area contributed by atoms with Crippen LogP contribution in [0.3, 0.4) is 0 Å². The molecule has 0 bridgehead atoms. The number of fused-ring (bicyclic) bond motifs is 1. The summed E-state index contributed by atoms with van der Waals surface area (Å²) in [5, 5.41) is 2.77. The molecule has 3 rings (SSSR count). The molecule has 0 saturated heterocycles. The van der Waals surface area contributed by atoms with Gasteiger partial charge < -0.3 is 10.1 Å². The van der Waals surface area contributed by atoms with Crippen LogP contribution in [0.5, 0.6) is 0 Å². The second kappa shape index (κ2) is 5.40. The van der Waals surface area contributed by atoms with Crippen molar-refractivity contribution in [3.05, 3.63) is 65.2 Å². The summed E-state index contributed by atoms with van der Waals surface area (Å²) in [4.78, 5) is 24.1. The summed E-state index contributed by atoms with van der Waals surface area (Å²) in [6.07, 6.45) is -0.381. The normalized spacial score (nSPS) is 16.8. The average Bonchev–Trinajstić information content (AvgIpc) is 2.49. The number of hydrogen-bond acceptors (Lipinski definition) is 3. The maximum Gasteiger partial charge on any atom is 0.339 e. The summed E-state index contributed by atoms with van der Waals surface area (Å²) >= 11 is 0. The van der Waals surface area contributed by atoms with Gasteiger partial charge in [-0.25, -0.2) is 4.79 Å². The summed E-state index contributed by atoms with van der Waals surface area (Å²) in [5.74, 6) is -0.748. The number of ether oxygens (including phenoxy) is 1. The monoisotopic (exact) mass is 281 g/mol. The summed E-state index contributed by atoms with van der Waals surface area (Å²) in [6.45, 7) is 1.98. The summed E-state index contributed by atoms with van der Waals surface area (Å²) in [7, 11) is 0. The lowest BCUT2D eigenvalue weighted by Gasteiger charge is -2.23. The van der Waals surface area contributed by atoms with Crippen LogP contribution in [0.4, 0.5) is 5.69 Å². The zero-order valence-electron chi connectivity index (χ0n) is 11.6. The maximum absolute atomic E-state index is 12.2. The maximum atomic E-state index is 12.2. The Morgan fingerprint density at radius 3 is 2.62 bits per heavy atom. The molecule has 1 amide bonds. The van der Waals surface area contributed by atoms with Gasteiger partial charge in [0.25, 0.3) is 5.91 Å². The lowest BCUT2D eigenvalue weighted by atomic mass is 9.98. The molecule has 1 atom stereocenters. The highest BCUT2D eigenvalue weighted by Gasteiger charge is 2.30. The number of nitrogens with one attached hydrogen (secondary N) is 1. The van der Waals surface area contributed by atoms with Gasteiger partial charge in [0.05, 0.1) is 5.56 Å². The second-order valence-corrected chi connectivity index (χ2v) is 5.11. The number of hydrogen-bond donors (Lipinski definition) is 1. The third-order valence-electron chi connectivity index (χ3n) is 3.50. The highest BCUT2D eigenvalue weighted by molar-refractivity contribution is 6.00. The lowest BCUT2D eigenvalue weighted by molar-refractivity contribution is -0.125. The van der Waals surface area contributed by atoms with Crippen LogP contribution in [0.25, 0.3) is 0 Å². The van der Waals surface area contributed by atoms with E-state index < -0.39 is 12.1 Å². The molecule has 0 saturated carbocycles. The van der Waals surface area contributed by atoms with Gasteiger partial charge in [-0.15, -0.1) is 0 Å². The van der Waals surface area contributed by atoms with E-state index in [0.717, 1.165) is 11.1 Å². The van der Waals surface area contributed by atoms with Gasteiger partial charge in [-0.05, 0) is 30.7 Å². The predicted molar refractivity (Wildman–Crippen MR) is 79.2 cm³/mol. The Morgan fingerprint density at radius 2 is 1.86 bits per heavy atom. The number of benzene rings is 2. The molecule has 4 nitrogen and oxygen atoms in total. The number of carbonyl (C=O) groups is 2. The van der Waals surface area contributed by atoms with Crippen molar-refractivity contribution in [3.8, 4) is 0 Å². The number of carbonyl (C=O) groups excluding carboxylic acids is 2. The van der Waals surface area contributed by atoms with E-state index in [1.165, 1.54) is 0 Å². The van der Waals surface area contributed by atoms with Gasteiger partial charge in [-0.2, -0.15) is 0 Å². The minimum absolute atomic E-state index is 0.304. The molecule has 21 heavy (non-hydrogen) atoms. The zero-order chi connectivity index (χ0) is 14.8. The highest BCUT2D eigenvalue weighted by atomic mass is 16.5. The fourth-order valence-corrected chi connectivity index (χ4v) is 2.34. The van der Waals surface area contributed by atoms with Crippen LogP contribution in [0.2, 0.25) is 0 Å². The van der Waals surface area contributed by atoms with Crippen molar-refractivity contribution >= 4 is 17.6 Å². The van der Waals surface area contributed by atoms with Crippen molar-refractivity contribution in [2.75, 3.05) is 5.32 Å². The van der Waals surface area contributed by atoms with E-state index in [1.54, 1.807) is 12.1 Å². The molecule has 2 aromatic rings. The first-order valence-electron chi connectivity index (χ1n) is 6.80. The Kier molecular flexibility index (Phi) is 3.44. The minimum Gasteiger partial charge on any atom is -0.448 e. The number of rotatable bonds is 2. The van der Waals surface area contributed by atoms with Crippen molar-refractivity contribution in [2.45, 2.75) is 19.4 Å². The SMILES string of the molecule is Cc1ccc(NC(=O)[C@@H]2Cc3ccccc3C(=O)O2)cc1. The second-order valence-electron chi connectivity index (χ2n) is 5.11. The molecule has 4 heteroatoms. The highest BCUT2D eigenvalue weighted by Crippen LogP contribution is 2.21. The fourth-order valence-electron chi connectivity index (χ4n) is 2.34. The lowest BCUT2D eigenvalue weighted by Crippen LogP contribution is -2.37. The Balaban J connectivity index is 1.75. The third kappa shape index (κ3) is 2.79. The summed E-state index contributed by atoms with van der Waals surface area (Å²) < 4.78 is 5.22. The van der Waals surface area contributed by atoms with E-state index in [1.807, 2.05) is 43.3 Å². The molecular formula is C17H15NO3. The van der Waals surface area contributed by atoms with Crippen molar-refractivity contribution in [3.63, 3.8) is 0 Å². The van der Waals surface area contributed by atoms with Crippen LogP contribution in [0, 0.1) is 6.92 Å². The van der Waals surface area contributed by atoms with Crippen molar-refractivity contribution < 1.29 is 14.3 Å². The Bertz CT molecular complexity index is 691. The molecule has 1 aliphatic heterocycles. The summed E-state index contributed by atoms with van der Waals surface area (Å²) in [5.41, 5.74) is 3.20. The van der Waals surface area contributed by atoms with E-state index in [9.17, 15) is 9.59 Å².